The Labute approximate surface area is 111 Å². The van der Waals surface area contributed by atoms with Crippen molar-refractivity contribution in [3.8, 4) is 5.75 Å². The molecule has 0 saturated heterocycles. The van der Waals surface area contributed by atoms with Crippen LogP contribution in [0.15, 0.2) is 22.6 Å². The van der Waals surface area contributed by atoms with Crippen LogP contribution in [0.5, 0.6) is 5.75 Å². The summed E-state index contributed by atoms with van der Waals surface area (Å²) in [5, 5.41) is 3.78. The third-order valence-electron chi connectivity index (χ3n) is 3.14. The van der Waals surface area contributed by atoms with Crippen molar-refractivity contribution < 1.29 is 13.9 Å². The molecular weight excluding hydrogens is 244 g/mol. The second kappa shape index (κ2) is 5.32. The molecule has 1 amide bonds. The van der Waals surface area contributed by atoms with Crippen molar-refractivity contribution in [2.24, 2.45) is 5.73 Å². The van der Waals surface area contributed by atoms with Gasteiger partial charge in [0.15, 0.2) is 0 Å². The fourth-order valence-corrected chi connectivity index (χ4v) is 2.12. The third kappa shape index (κ3) is 2.56. The maximum absolute atomic E-state index is 11.3. The summed E-state index contributed by atoms with van der Waals surface area (Å²) < 4.78 is 11.0. The number of nitrogens with one attached hydrogen (secondary N) is 1. The Morgan fingerprint density at radius 3 is 2.89 bits per heavy atom. The predicted octanol–water partition coefficient (Wildman–Crippen LogP) is 1.89. The van der Waals surface area contributed by atoms with E-state index in [-0.39, 0.29) is 18.5 Å². The highest BCUT2D eigenvalue weighted by molar-refractivity contribution is 5.84. The van der Waals surface area contributed by atoms with Crippen LogP contribution in [0, 0.1) is 6.92 Å². The third-order valence-corrected chi connectivity index (χ3v) is 3.14. The molecule has 19 heavy (non-hydrogen) atoms. The fourth-order valence-electron chi connectivity index (χ4n) is 2.12. The Kier molecular flexibility index (Phi) is 3.76. The van der Waals surface area contributed by atoms with E-state index in [0.29, 0.717) is 0 Å². The van der Waals surface area contributed by atoms with Crippen LogP contribution in [0.25, 0.3) is 11.0 Å². The number of carbonyl (C=O) groups excluding carboxylic acids is 1. The van der Waals surface area contributed by atoms with Crippen LogP contribution < -0.4 is 15.8 Å². The Hall–Kier alpha value is -2.01. The monoisotopic (exact) mass is 262 g/mol. The second-order valence-electron chi connectivity index (χ2n) is 4.45. The van der Waals surface area contributed by atoms with Crippen molar-refractivity contribution in [3.63, 3.8) is 0 Å². The van der Waals surface area contributed by atoms with Crippen molar-refractivity contribution >= 4 is 16.9 Å². The highest BCUT2D eigenvalue weighted by atomic mass is 16.5. The summed E-state index contributed by atoms with van der Waals surface area (Å²) in [7, 11) is 1.63. The van der Waals surface area contributed by atoms with E-state index in [1.165, 1.54) is 0 Å². The van der Waals surface area contributed by atoms with Gasteiger partial charge in [0.05, 0.1) is 19.7 Å². The number of hydrogen-bond acceptors (Lipinski definition) is 4. The van der Waals surface area contributed by atoms with E-state index in [1.807, 2.05) is 32.0 Å². The summed E-state index contributed by atoms with van der Waals surface area (Å²) in [5.74, 6) is 1.32. The van der Waals surface area contributed by atoms with E-state index in [9.17, 15) is 4.79 Å². The van der Waals surface area contributed by atoms with E-state index in [4.69, 9.17) is 14.9 Å². The zero-order valence-electron chi connectivity index (χ0n) is 11.3. The van der Waals surface area contributed by atoms with Gasteiger partial charge < -0.3 is 20.2 Å². The molecule has 2 rings (SSSR count). The molecule has 3 N–H and O–H groups in total. The minimum absolute atomic E-state index is 0.0303. The highest BCUT2D eigenvalue weighted by Gasteiger charge is 2.18. The number of rotatable bonds is 4. The zero-order chi connectivity index (χ0) is 14.0. The Balaban J connectivity index is 2.39. The number of aryl methyl sites for hydroxylation is 1. The number of fused-ring (bicyclic) bond motifs is 1. The van der Waals surface area contributed by atoms with Gasteiger partial charge >= 0.3 is 0 Å². The average molecular weight is 262 g/mol. The van der Waals surface area contributed by atoms with Gasteiger partial charge in [0.2, 0.25) is 5.91 Å². The van der Waals surface area contributed by atoms with E-state index >= 15 is 0 Å². The lowest BCUT2D eigenvalue weighted by molar-refractivity contribution is -0.120. The lowest BCUT2D eigenvalue weighted by atomic mass is 10.1. The molecule has 1 heterocycles. The Morgan fingerprint density at radius 1 is 1.53 bits per heavy atom. The quantitative estimate of drug-likeness (QED) is 0.882. The number of methoxy groups -OCH3 is 1. The summed E-state index contributed by atoms with van der Waals surface area (Å²) in [6.07, 6.45) is 0. The van der Waals surface area contributed by atoms with Crippen LogP contribution in [0.3, 0.4) is 0 Å². The number of benzene rings is 1. The van der Waals surface area contributed by atoms with E-state index < -0.39 is 0 Å². The van der Waals surface area contributed by atoms with Gasteiger partial charge in [0.1, 0.15) is 17.1 Å². The molecule has 1 unspecified atom stereocenters. The first-order valence-electron chi connectivity index (χ1n) is 6.13. The molecule has 0 bridgehead atoms. The molecule has 0 radical (unpaired) electrons. The first kappa shape index (κ1) is 13.4. The summed E-state index contributed by atoms with van der Waals surface area (Å²) >= 11 is 0. The topological polar surface area (TPSA) is 77.5 Å². The van der Waals surface area contributed by atoms with Gasteiger partial charge in [-0.25, -0.2) is 0 Å². The van der Waals surface area contributed by atoms with Crippen molar-refractivity contribution in [2.75, 3.05) is 13.7 Å². The van der Waals surface area contributed by atoms with Gasteiger partial charge in [-0.05, 0) is 32.0 Å². The summed E-state index contributed by atoms with van der Waals surface area (Å²) in [5.41, 5.74) is 7.07. The normalized spacial score (nSPS) is 12.4. The number of amides is 1. The van der Waals surface area contributed by atoms with Crippen molar-refractivity contribution in [1.82, 2.24) is 5.32 Å². The molecule has 0 aliphatic rings. The number of ether oxygens (including phenoxy) is 1. The minimum atomic E-state index is -0.213. The molecule has 5 nitrogen and oxygen atoms in total. The lowest BCUT2D eigenvalue weighted by Gasteiger charge is -2.11. The molecule has 0 spiro atoms. The van der Waals surface area contributed by atoms with Crippen molar-refractivity contribution in [3.05, 3.63) is 29.5 Å². The van der Waals surface area contributed by atoms with Gasteiger partial charge in [0, 0.05) is 10.9 Å². The van der Waals surface area contributed by atoms with Gasteiger partial charge in [-0.2, -0.15) is 0 Å². The molecule has 1 aromatic carbocycles. The molecule has 0 fully saturated rings. The van der Waals surface area contributed by atoms with Gasteiger partial charge in [0.25, 0.3) is 0 Å². The Bertz CT molecular complexity index is 604. The van der Waals surface area contributed by atoms with E-state index in [0.717, 1.165) is 28.0 Å². The lowest BCUT2D eigenvalue weighted by Crippen LogP contribution is -2.32. The zero-order valence-corrected chi connectivity index (χ0v) is 11.3. The molecule has 0 saturated carbocycles. The molecule has 2 aromatic rings. The maximum atomic E-state index is 11.3. The van der Waals surface area contributed by atoms with Crippen LogP contribution in [0.4, 0.5) is 0 Å². The van der Waals surface area contributed by atoms with Crippen LogP contribution in [-0.4, -0.2) is 19.6 Å². The minimum Gasteiger partial charge on any atom is -0.497 e. The predicted molar refractivity (Wildman–Crippen MR) is 73.1 cm³/mol. The van der Waals surface area contributed by atoms with Gasteiger partial charge in [-0.15, -0.1) is 0 Å². The van der Waals surface area contributed by atoms with Gasteiger partial charge in [-0.1, -0.05) is 0 Å². The number of carbonyl (C=O) groups is 1. The van der Waals surface area contributed by atoms with Crippen LogP contribution in [0.1, 0.15) is 24.3 Å². The Morgan fingerprint density at radius 2 is 2.26 bits per heavy atom. The standard InChI is InChI=1S/C14H18N2O3/c1-8-11-6-10(18-3)4-5-12(11)19-14(8)9(2)16-13(17)7-15/h4-6,9H,7,15H2,1-3H3,(H,16,17). The highest BCUT2D eigenvalue weighted by Crippen LogP contribution is 2.31. The largest absolute Gasteiger partial charge is 0.497 e. The number of hydrogen-bond donors (Lipinski definition) is 2. The molecule has 5 heteroatoms. The number of furan rings is 1. The van der Waals surface area contributed by atoms with E-state index in [2.05, 4.69) is 5.32 Å². The SMILES string of the molecule is COc1ccc2oc(C(C)NC(=O)CN)c(C)c2c1. The van der Waals surface area contributed by atoms with Gasteiger partial charge in [-0.3, -0.25) is 4.79 Å². The smallest absolute Gasteiger partial charge is 0.234 e. The fraction of sp³-hybridized carbons (Fsp3) is 0.357. The van der Waals surface area contributed by atoms with E-state index in [1.54, 1.807) is 7.11 Å². The first-order chi connectivity index (χ1) is 9.06. The summed E-state index contributed by atoms with van der Waals surface area (Å²) in [4.78, 5) is 11.3. The van der Waals surface area contributed by atoms with Crippen molar-refractivity contribution in [1.29, 1.82) is 0 Å². The second-order valence-corrected chi connectivity index (χ2v) is 4.45. The summed E-state index contributed by atoms with van der Waals surface area (Å²) in [6.45, 7) is 3.80. The van der Waals surface area contributed by atoms with Crippen LogP contribution in [0.2, 0.25) is 0 Å². The summed E-state index contributed by atoms with van der Waals surface area (Å²) in [6, 6.07) is 5.42. The van der Waals surface area contributed by atoms with Crippen molar-refractivity contribution in [2.45, 2.75) is 19.9 Å². The molecule has 0 aliphatic heterocycles. The number of nitrogens with two attached hydrogens (primary N) is 1. The maximum Gasteiger partial charge on any atom is 0.234 e. The molecule has 102 valence electrons. The molecule has 1 atom stereocenters. The molecule has 1 aromatic heterocycles. The van der Waals surface area contributed by atoms with Crippen LogP contribution >= 0.6 is 0 Å². The average Bonchev–Trinajstić information content (AvgIpc) is 2.75. The van der Waals surface area contributed by atoms with Crippen LogP contribution in [-0.2, 0) is 4.79 Å². The first-order valence-corrected chi connectivity index (χ1v) is 6.13. The molecular formula is C14H18N2O3. The molecule has 0 aliphatic carbocycles.